The summed E-state index contributed by atoms with van der Waals surface area (Å²) in [6.45, 7) is 2.94. The first-order chi connectivity index (χ1) is 16.8. The highest BCUT2D eigenvalue weighted by atomic mass is 32.2. The number of benzene rings is 1. The fraction of sp³-hybridized carbons (Fsp3) is 0.391. The first kappa shape index (κ1) is 25.0. The molecule has 0 atom stereocenters. The van der Waals surface area contributed by atoms with Gasteiger partial charge < -0.3 is 10.1 Å². The van der Waals surface area contributed by atoms with Crippen molar-refractivity contribution < 1.29 is 17.9 Å². The normalized spacial score (nSPS) is 14.5. The number of hydrazone groups is 1. The van der Waals surface area contributed by atoms with Gasteiger partial charge in [-0.3, -0.25) is 15.1 Å². The van der Waals surface area contributed by atoms with Crippen molar-refractivity contribution in [3.63, 3.8) is 0 Å². The summed E-state index contributed by atoms with van der Waals surface area (Å²) >= 11 is 1.25. The lowest BCUT2D eigenvalue weighted by Gasteiger charge is -2.14. The first-order valence-electron chi connectivity index (χ1n) is 11.3. The first-order valence-corrected chi connectivity index (χ1v) is 14.0. The van der Waals surface area contributed by atoms with E-state index in [4.69, 9.17) is 4.74 Å². The van der Waals surface area contributed by atoms with Gasteiger partial charge in [0.1, 0.15) is 10.3 Å². The van der Waals surface area contributed by atoms with E-state index in [0.29, 0.717) is 33.5 Å². The third-order valence-electron chi connectivity index (χ3n) is 5.37. The Hall–Kier alpha value is -3.09. The number of hydrogen-bond donors (Lipinski definition) is 2. The fourth-order valence-electron chi connectivity index (χ4n) is 3.55. The van der Waals surface area contributed by atoms with Crippen molar-refractivity contribution in [1.29, 1.82) is 0 Å². The Bertz CT molecular complexity index is 1320. The Labute approximate surface area is 208 Å². The van der Waals surface area contributed by atoms with E-state index in [0.717, 1.165) is 45.2 Å². The van der Waals surface area contributed by atoms with E-state index in [1.807, 2.05) is 18.1 Å². The minimum absolute atomic E-state index is 0.184. The second-order valence-electron chi connectivity index (χ2n) is 8.16. The van der Waals surface area contributed by atoms with E-state index in [1.54, 1.807) is 18.2 Å². The van der Waals surface area contributed by atoms with E-state index in [2.05, 4.69) is 25.7 Å². The summed E-state index contributed by atoms with van der Waals surface area (Å²) in [5.41, 5.74) is 1.38. The Morgan fingerprint density at radius 3 is 2.57 bits per heavy atom. The van der Waals surface area contributed by atoms with Crippen molar-refractivity contribution in [2.75, 3.05) is 44.9 Å². The number of rotatable bonds is 10. The van der Waals surface area contributed by atoms with Crippen LogP contribution in [0.4, 0.5) is 5.13 Å². The van der Waals surface area contributed by atoms with E-state index in [1.165, 1.54) is 23.5 Å². The number of pyridine rings is 1. The number of carbonyl (C=O) groups is 1. The van der Waals surface area contributed by atoms with E-state index in [9.17, 15) is 13.2 Å². The molecule has 0 spiro atoms. The number of nitrogens with one attached hydrogen (secondary N) is 2. The van der Waals surface area contributed by atoms with Gasteiger partial charge in [0.15, 0.2) is 20.7 Å². The van der Waals surface area contributed by atoms with Crippen LogP contribution in [0.5, 0.6) is 5.88 Å². The molecule has 2 N–H and O–H groups in total. The number of ether oxygens (including phenoxy) is 1. The lowest BCUT2D eigenvalue weighted by molar-refractivity contribution is -0.110. The zero-order chi connectivity index (χ0) is 24.8. The van der Waals surface area contributed by atoms with Crippen LogP contribution < -0.4 is 15.4 Å². The van der Waals surface area contributed by atoms with Crippen molar-refractivity contribution in [1.82, 2.24) is 20.3 Å². The van der Waals surface area contributed by atoms with Gasteiger partial charge in [0, 0.05) is 31.0 Å². The smallest absolute Gasteiger partial charge is 0.278 e. The zero-order valence-corrected chi connectivity index (χ0v) is 21.3. The number of carbonyl (C=O) groups excluding carboxylic acids is 1. The lowest BCUT2D eigenvalue weighted by atomic mass is 10.1. The number of amides is 1. The molecule has 1 fully saturated rings. The molecule has 186 valence electrons. The molecule has 1 amide bonds. The van der Waals surface area contributed by atoms with Gasteiger partial charge in [-0.15, -0.1) is 0 Å². The molecule has 10 nitrogen and oxygen atoms in total. The molecule has 35 heavy (non-hydrogen) atoms. The quantitative estimate of drug-likeness (QED) is 0.311. The van der Waals surface area contributed by atoms with Gasteiger partial charge in [0.2, 0.25) is 5.88 Å². The molecule has 3 aromatic rings. The zero-order valence-electron chi connectivity index (χ0n) is 19.7. The van der Waals surface area contributed by atoms with Crippen LogP contribution in [0.15, 0.2) is 46.4 Å². The molecule has 1 aliphatic heterocycles. The van der Waals surface area contributed by atoms with Crippen molar-refractivity contribution in [2.45, 2.75) is 24.2 Å². The maximum Gasteiger partial charge on any atom is 0.278 e. The molecular weight excluding hydrogens is 488 g/mol. The van der Waals surface area contributed by atoms with Gasteiger partial charge in [0.05, 0.1) is 11.5 Å². The predicted octanol–water partition coefficient (Wildman–Crippen LogP) is 2.52. The maximum absolute atomic E-state index is 13.3. The number of anilines is 1. The number of nitrogens with zero attached hydrogens (tertiary/aromatic N) is 4. The van der Waals surface area contributed by atoms with Crippen molar-refractivity contribution in [2.24, 2.45) is 5.10 Å². The molecule has 12 heteroatoms. The lowest BCUT2D eigenvalue weighted by Crippen LogP contribution is -2.27. The summed E-state index contributed by atoms with van der Waals surface area (Å²) < 4.78 is 29.3. The molecule has 1 aliphatic rings. The highest BCUT2D eigenvalue weighted by molar-refractivity contribution is 7.90. The van der Waals surface area contributed by atoms with E-state index in [-0.39, 0.29) is 10.6 Å². The Morgan fingerprint density at radius 2 is 1.89 bits per heavy atom. The van der Waals surface area contributed by atoms with E-state index < -0.39 is 15.7 Å². The topological polar surface area (TPSA) is 126 Å². The van der Waals surface area contributed by atoms with Crippen LogP contribution in [0.25, 0.3) is 10.3 Å². The summed E-state index contributed by atoms with van der Waals surface area (Å²) in [7, 11) is -1.45. The Kier molecular flexibility index (Phi) is 7.93. The summed E-state index contributed by atoms with van der Waals surface area (Å²) in [6, 6.07) is 9.74. The van der Waals surface area contributed by atoms with Gasteiger partial charge in [-0.25, -0.2) is 18.4 Å². The van der Waals surface area contributed by atoms with Gasteiger partial charge in [-0.1, -0.05) is 23.5 Å². The predicted molar refractivity (Wildman–Crippen MR) is 137 cm³/mol. The van der Waals surface area contributed by atoms with E-state index >= 15 is 0 Å². The molecule has 0 radical (unpaired) electrons. The fourth-order valence-corrected chi connectivity index (χ4v) is 5.01. The summed E-state index contributed by atoms with van der Waals surface area (Å²) in [5, 5.41) is 12.7. The Balaban J connectivity index is 1.54. The van der Waals surface area contributed by atoms with Crippen LogP contribution in [0.1, 0.15) is 24.8 Å². The number of sulfone groups is 1. The average Bonchev–Trinajstić information content (AvgIpc) is 3.49. The summed E-state index contributed by atoms with van der Waals surface area (Å²) in [6.07, 6.45) is 4.03. The van der Waals surface area contributed by atoms with Crippen LogP contribution in [0.2, 0.25) is 0 Å². The standard InChI is InChI=1S/C23H28N6O4S2/c1-24-12-5-15-33-19-11-10-18-22(26-19)34-23(25-18)27-21(30)20(28-29-13-3-4-14-29)16-6-8-17(9-7-16)35(2,31)32/h6-11,24H,3-5,12-15H2,1-2H3,(H,25,27,30)/b28-20+. The van der Waals surface area contributed by atoms with Crippen molar-refractivity contribution >= 4 is 48.3 Å². The highest BCUT2D eigenvalue weighted by Crippen LogP contribution is 2.26. The highest BCUT2D eigenvalue weighted by Gasteiger charge is 2.21. The second kappa shape index (κ2) is 11.1. The third kappa shape index (κ3) is 6.53. The van der Waals surface area contributed by atoms with Crippen LogP contribution in [-0.2, 0) is 14.6 Å². The number of fused-ring (bicyclic) bond motifs is 1. The molecule has 3 heterocycles. The minimum atomic E-state index is -3.34. The summed E-state index contributed by atoms with van der Waals surface area (Å²) in [5.74, 6) is 0.0870. The molecule has 4 rings (SSSR count). The minimum Gasteiger partial charge on any atom is -0.478 e. The molecule has 0 aliphatic carbocycles. The van der Waals surface area contributed by atoms with Gasteiger partial charge in [-0.2, -0.15) is 5.10 Å². The SMILES string of the molecule is CNCCCOc1ccc2nc(NC(=O)/C(=N/N3CCCC3)c3ccc(S(C)(=O)=O)cc3)sc2n1. The summed E-state index contributed by atoms with van der Waals surface area (Å²) in [4.78, 5) is 23.1. The third-order valence-corrected chi connectivity index (χ3v) is 7.38. The maximum atomic E-state index is 13.3. The molecule has 0 saturated carbocycles. The Morgan fingerprint density at radius 1 is 1.14 bits per heavy atom. The average molecular weight is 517 g/mol. The van der Waals surface area contributed by atoms with Gasteiger partial charge in [-0.05, 0) is 51.1 Å². The molecule has 2 aromatic heterocycles. The van der Waals surface area contributed by atoms with Crippen LogP contribution in [0, 0.1) is 0 Å². The van der Waals surface area contributed by atoms with Crippen molar-refractivity contribution in [3.8, 4) is 5.88 Å². The van der Waals surface area contributed by atoms with Crippen molar-refractivity contribution in [3.05, 3.63) is 42.0 Å². The largest absolute Gasteiger partial charge is 0.478 e. The van der Waals surface area contributed by atoms with Gasteiger partial charge in [0.25, 0.3) is 5.91 Å². The second-order valence-corrected chi connectivity index (χ2v) is 11.2. The molecular formula is C23H28N6O4S2. The number of hydrogen-bond acceptors (Lipinski definition) is 10. The molecule has 1 aromatic carbocycles. The monoisotopic (exact) mass is 516 g/mol. The van der Waals surface area contributed by atoms with Gasteiger partial charge >= 0.3 is 0 Å². The molecule has 0 bridgehead atoms. The van der Waals surface area contributed by atoms with Crippen LogP contribution >= 0.6 is 11.3 Å². The number of thiazole rings is 1. The number of aromatic nitrogens is 2. The van der Waals surface area contributed by atoms with Crippen LogP contribution in [-0.4, -0.2) is 74.6 Å². The molecule has 0 unspecified atom stereocenters. The molecule has 1 saturated heterocycles. The van der Waals surface area contributed by atoms with Crippen LogP contribution in [0.3, 0.4) is 0 Å².